The van der Waals surface area contributed by atoms with Gasteiger partial charge in [-0.25, -0.2) is 0 Å². The molecule has 92 valence electrons. The van der Waals surface area contributed by atoms with Crippen LogP contribution in [0.5, 0.6) is 0 Å². The van der Waals surface area contributed by atoms with E-state index in [1.807, 2.05) is 36.4 Å². The predicted octanol–water partition coefficient (Wildman–Crippen LogP) is 3.06. The zero-order chi connectivity index (χ0) is 12.4. The van der Waals surface area contributed by atoms with Crippen molar-refractivity contribution in [3.05, 3.63) is 71.8 Å². The van der Waals surface area contributed by atoms with E-state index in [0.29, 0.717) is 6.42 Å². The molecule has 1 aliphatic heterocycles. The van der Waals surface area contributed by atoms with E-state index in [-0.39, 0.29) is 0 Å². The fourth-order valence-electron chi connectivity index (χ4n) is 2.68. The maximum absolute atomic E-state index is 9.77. The lowest BCUT2D eigenvalue weighted by Crippen LogP contribution is -2.27. The van der Waals surface area contributed by atoms with Crippen LogP contribution in [0.2, 0.25) is 0 Å². The minimum atomic E-state index is -0.676. The molecular formula is C16H16O2. The molecule has 0 aliphatic carbocycles. The summed E-state index contributed by atoms with van der Waals surface area (Å²) in [5.74, 6) is 0. The number of rotatable bonds is 2. The van der Waals surface area contributed by atoms with Crippen molar-refractivity contribution >= 4 is 0 Å². The van der Waals surface area contributed by atoms with Crippen molar-refractivity contribution in [2.24, 2.45) is 0 Å². The van der Waals surface area contributed by atoms with Crippen LogP contribution in [-0.4, -0.2) is 11.4 Å². The monoisotopic (exact) mass is 240 g/mol. The maximum Gasteiger partial charge on any atom is 0.156 e. The normalized spacial score (nSPS) is 21.9. The molecule has 1 atom stereocenters. The largest absolute Gasteiger partial charge is 0.368 e. The summed E-state index contributed by atoms with van der Waals surface area (Å²) in [6.07, 6.45) is 0.803. The summed E-state index contributed by atoms with van der Waals surface area (Å²) in [5, 5.41) is 9.77. The summed E-state index contributed by atoms with van der Waals surface area (Å²) in [5.41, 5.74) is 1.71. The van der Waals surface area contributed by atoms with E-state index >= 15 is 0 Å². The molecule has 1 unspecified atom stereocenters. The maximum atomic E-state index is 9.77. The van der Waals surface area contributed by atoms with E-state index in [0.717, 1.165) is 17.5 Å². The van der Waals surface area contributed by atoms with Gasteiger partial charge in [0.15, 0.2) is 6.29 Å². The van der Waals surface area contributed by atoms with Gasteiger partial charge >= 0.3 is 0 Å². The number of benzene rings is 2. The van der Waals surface area contributed by atoms with Crippen LogP contribution in [-0.2, 0) is 10.3 Å². The molecular weight excluding hydrogens is 224 g/mol. The van der Waals surface area contributed by atoms with Crippen LogP contribution in [0, 0.1) is 0 Å². The molecule has 2 aromatic rings. The average molecular weight is 240 g/mol. The Bertz CT molecular complexity index is 468. The van der Waals surface area contributed by atoms with Crippen LogP contribution in [0.25, 0.3) is 0 Å². The molecule has 0 amide bonds. The summed E-state index contributed by atoms with van der Waals surface area (Å²) in [7, 11) is 0. The molecule has 0 radical (unpaired) electrons. The van der Waals surface area contributed by atoms with Gasteiger partial charge in [0.1, 0.15) is 5.60 Å². The average Bonchev–Trinajstić information content (AvgIpc) is 2.84. The molecule has 1 N–H and O–H groups in total. The summed E-state index contributed by atoms with van der Waals surface area (Å²) >= 11 is 0. The highest BCUT2D eigenvalue weighted by Crippen LogP contribution is 2.43. The summed E-state index contributed by atoms with van der Waals surface area (Å²) < 4.78 is 5.88. The molecule has 2 nitrogen and oxygen atoms in total. The fourth-order valence-corrected chi connectivity index (χ4v) is 2.68. The van der Waals surface area contributed by atoms with Gasteiger partial charge in [0.05, 0.1) is 0 Å². The molecule has 3 rings (SSSR count). The Morgan fingerprint density at radius 2 is 1.39 bits per heavy atom. The first-order chi connectivity index (χ1) is 8.81. The van der Waals surface area contributed by atoms with E-state index in [2.05, 4.69) is 24.3 Å². The quantitative estimate of drug-likeness (QED) is 0.874. The standard InChI is InChI=1S/C16H16O2/c17-15-11-12-16(18-15,13-7-3-1-4-8-13)14-9-5-2-6-10-14/h1-10,15,17H,11-12H2. The van der Waals surface area contributed by atoms with Crippen LogP contribution in [0.3, 0.4) is 0 Å². The first-order valence-corrected chi connectivity index (χ1v) is 6.28. The number of ether oxygens (including phenoxy) is 1. The lowest BCUT2D eigenvalue weighted by molar-refractivity contribution is -0.124. The van der Waals surface area contributed by atoms with Crippen molar-refractivity contribution in [1.82, 2.24) is 0 Å². The Hall–Kier alpha value is -1.64. The molecule has 1 aliphatic rings. The minimum absolute atomic E-state index is 0.498. The van der Waals surface area contributed by atoms with E-state index in [9.17, 15) is 5.11 Å². The molecule has 1 saturated heterocycles. The van der Waals surface area contributed by atoms with Crippen molar-refractivity contribution in [2.45, 2.75) is 24.7 Å². The molecule has 1 fully saturated rings. The van der Waals surface area contributed by atoms with Crippen LogP contribution in [0.1, 0.15) is 24.0 Å². The summed E-state index contributed by atoms with van der Waals surface area (Å²) in [6, 6.07) is 20.3. The van der Waals surface area contributed by atoms with Gasteiger partial charge in [0.2, 0.25) is 0 Å². The lowest BCUT2D eigenvalue weighted by atomic mass is 9.84. The fraction of sp³-hybridized carbons (Fsp3) is 0.250. The van der Waals surface area contributed by atoms with E-state index < -0.39 is 11.9 Å². The van der Waals surface area contributed by atoms with E-state index in [1.165, 1.54) is 0 Å². The molecule has 2 aromatic carbocycles. The second-order valence-electron chi connectivity index (χ2n) is 4.67. The van der Waals surface area contributed by atoms with Crippen molar-refractivity contribution in [2.75, 3.05) is 0 Å². The third kappa shape index (κ3) is 1.84. The van der Waals surface area contributed by atoms with E-state index in [1.54, 1.807) is 0 Å². The first kappa shape index (κ1) is 11.5. The van der Waals surface area contributed by atoms with Crippen LogP contribution >= 0.6 is 0 Å². The van der Waals surface area contributed by atoms with Crippen LogP contribution < -0.4 is 0 Å². The van der Waals surface area contributed by atoms with Gasteiger partial charge in [-0.15, -0.1) is 0 Å². The van der Waals surface area contributed by atoms with Gasteiger partial charge in [-0.1, -0.05) is 60.7 Å². The van der Waals surface area contributed by atoms with Gasteiger partial charge < -0.3 is 9.84 Å². The topological polar surface area (TPSA) is 29.5 Å². The third-order valence-electron chi connectivity index (χ3n) is 3.56. The molecule has 0 aromatic heterocycles. The van der Waals surface area contributed by atoms with Crippen LogP contribution in [0.4, 0.5) is 0 Å². The van der Waals surface area contributed by atoms with Gasteiger partial charge in [-0.05, 0) is 17.5 Å². The van der Waals surface area contributed by atoms with Crippen molar-refractivity contribution in [3.8, 4) is 0 Å². The van der Waals surface area contributed by atoms with Gasteiger partial charge in [-0.3, -0.25) is 0 Å². The molecule has 2 heteroatoms. The Kier molecular flexibility index (Phi) is 2.90. The summed E-state index contributed by atoms with van der Waals surface area (Å²) in [6.45, 7) is 0. The SMILES string of the molecule is OC1CCC(c2ccccc2)(c2ccccc2)O1. The third-order valence-corrected chi connectivity index (χ3v) is 3.56. The van der Waals surface area contributed by atoms with Gasteiger partial charge in [0, 0.05) is 6.42 Å². The number of hydrogen-bond acceptors (Lipinski definition) is 2. The predicted molar refractivity (Wildman–Crippen MR) is 70.0 cm³/mol. The number of hydrogen-bond donors (Lipinski definition) is 1. The Balaban J connectivity index is 2.11. The van der Waals surface area contributed by atoms with Crippen molar-refractivity contribution in [1.29, 1.82) is 0 Å². The second-order valence-corrected chi connectivity index (χ2v) is 4.67. The molecule has 0 spiro atoms. The van der Waals surface area contributed by atoms with Gasteiger partial charge in [-0.2, -0.15) is 0 Å². The number of aliphatic hydroxyl groups excluding tert-OH is 1. The van der Waals surface area contributed by atoms with E-state index in [4.69, 9.17) is 4.74 Å². The number of aliphatic hydroxyl groups is 1. The zero-order valence-electron chi connectivity index (χ0n) is 10.1. The molecule has 1 heterocycles. The smallest absolute Gasteiger partial charge is 0.156 e. The highest BCUT2D eigenvalue weighted by Gasteiger charge is 2.42. The van der Waals surface area contributed by atoms with Crippen LogP contribution in [0.15, 0.2) is 60.7 Å². The van der Waals surface area contributed by atoms with Crippen molar-refractivity contribution < 1.29 is 9.84 Å². The Morgan fingerprint density at radius 3 is 1.78 bits per heavy atom. The zero-order valence-corrected chi connectivity index (χ0v) is 10.1. The van der Waals surface area contributed by atoms with Crippen molar-refractivity contribution in [3.63, 3.8) is 0 Å². The molecule has 18 heavy (non-hydrogen) atoms. The summed E-state index contributed by atoms with van der Waals surface area (Å²) in [4.78, 5) is 0. The molecule has 0 bridgehead atoms. The first-order valence-electron chi connectivity index (χ1n) is 6.28. The lowest BCUT2D eigenvalue weighted by Gasteiger charge is -2.30. The highest BCUT2D eigenvalue weighted by molar-refractivity contribution is 5.37. The highest BCUT2D eigenvalue weighted by atomic mass is 16.6. The molecule has 0 saturated carbocycles. The minimum Gasteiger partial charge on any atom is -0.368 e. The van der Waals surface area contributed by atoms with Gasteiger partial charge in [0.25, 0.3) is 0 Å². The Morgan fingerprint density at radius 1 is 0.889 bits per heavy atom. The second kappa shape index (κ2) is 4.56. The Labute approximate surface area is 107 Å².